The number of nitrogens with one attached hydrogen (secondary N) is 1. The van der Waals surface area contributed by atoms with Gasteiger partial charge in [0.15, 0.2) is 0 Å². The van der Waals surface area contributed by atoms with Gasteiger partial charge in [-0.15, -0.1) is 0 Å². The first-order chi connectivity index (χ1) is 12.9. The minimum absolute atomic E-state index is 0.0293. The van der Waals surface area contributed by atoms with Gasteiger partial charge in [0.25, 0.3) is 0 Å². The predicted molar refractivity (Wildman–Crippen MR) is 108 cm³/mol. The fourth-order valence-corrected chi connectivity index (χ4v) is 4.16. The summed E-state index contributed by atoms with van der Waals surface area (Å²) in [6.45, 7) is 7.26. The van der Waals surface area contributed by atoms with Crippen LogP contribution in [0.15, 0.2) is 28.7 Å². The summed E-state index contributed by atoms with van der Waals surface area (Å²) < 4.78 is 6.04. The van der Waals surface area contributed by atoms with Crippen molar-refractivity contribution in [2.45, 2.75) is 58.5 Å². The number of amides is 1. The molecule has 0 aliphatic heterocycles. The summed E-state index contributed by atoms with van der Waals surface area (Å²) in [6.07, 6.45) is 3.51. The highest BCUT2D eigenvalue weighted by atomic mass is 35.5. The average molecular weight is 387 g/mol. The standard InChI is InChI=1S/C22H27ClN2O2/c1-13-8-15(3)22(19(23)9-13)24-21(26)12-25(16-4-5-16)11-17-6-7-20(27-17)18-10-14(18)2/h6-9,14,16,18H,4-5,10-12H2,1-3H3,(H,24,26). The molecule has 4 nitrogen and oxygen atoms in total. The molecule has 5 heteroatoms. The van der Waals surface area contributed by atoms with Crippen LogP contribution in [0.1, 0.15) is 54.8 Å². The first-order valence-electron chi connectivity index (χ1n) is 9.80. The molecular formula is C22H27ClN2O2. The molecule has 1 N–H and O–H groups in total. The van der Waals surface area contributed by atoms with Crippen molar-refractivity contribution < 1.29 is 9.21 Å². The summed E-state index contributed by atoms with van der Waals surface area (Å²) in [5.74, 6) is 3.34. The number of carbonyl (C=O) groups is 1. The summed E-state index contributed by atoms with van der Waals surface area (Å²) in [6, 6.07) is 8.55. The summed E-state index contributed by atoms with van der Waals surface area (Å²) in [7, 11) is 0. The molecule has 1 aromatic heterocycles. The summed E-state index contributed by atoms with van der Waals surface area (Å²) >= 11 is 6.33. The van der Waals surface area contributed by atoms with Gasteiger partial charge in [-0.25, -0.2) is 0 Å². The van der Waals surface area contributed by atoms with Crippen molar-refractivity contribution in [3.63, 3.8) is 0 Å². The highest BCUT2D eigenvalue weighted by molar-refractivity contribution is 6.34. The van der Waals surface area contributed by atoms with Crippen LogP contribution in [0.3, 0.4) is 0 Å². The first kappa shape index (κ1) is 18.6. The average Bonchev–Trinajstić information content (AvgIpc) is 3.51. The van der Waals surface area contributed by atoms with Gasteiger partial charge in [-0.2, -0.15) is 0 Å². The predicted octanol–water partition coefficient (Wildman–Crippen LogP) is 5.28. The van der Waals surface area contributed by atoms with Crippen molar-refractivity contribution in [2.75, 3.05) is 11.9 Å². The molecule has 0 radical (unpaired) electrons. The van der Waals surface area contributed by atoms with E-state index in [-0.39, 0.29) is 5.91 Å². The van der Waals surface area contributed by atoms with E-state index in [4.69, 9.17) is 16.0 Å². The molecule has 0 bridgehead atoms. The Morgan fingerprint density at radius 1 is 1.30 bits per heavy atom. The van der Waals surface area contributed by atoms with Crippen molar-refractivity contribution >= 4 is 23.2 Å². The molecule has 27 heavy (non-hydrogen) atoms. The molecule has 1 heterocycles. The van der Waals surface area contributed by atoms with Crippen LogP contribution < -0.4 is 5.32 Å². The van der Waals surface area contributed by atoms with E-state index in [1.807, 2.05) is 26.0 Å². The maximum Gasteiger partial charge on any atom is 0.238 e. The number of benzene rings is 1. The zero-order valence-corrected chi connectivity index (χ0v) is 17.0. The number of anilines is 1. The van der Waals surface area contributed by atoms with Crippen LogP contribution in [0.5, 0.6) is 0 Å². The monoisotopic (exact) mass is 386 g/mol. The Hall–Kier alpha value is -1.78. The van der Waals surface area contributed by atoms with E-state index in [0.717, 1.165) is 41.4 Å². The van der Waals surface area contributed by atoms with Crippen molar-refractivity contribution in [1.29, 1.82) is 0 Å². The van der Waals surface area contributed by atoms with Crippen LogP contribution in [-0.4, -0.2) is 23.4 Å². The van der Waals surface area contributed by atoms with E-state index in [2.05, 4.69) is 29.3 Å². The van der Waals surface area contributed by atoms with Gasteiger partial charge < -0.3 is 9.73 Å². The van der Waals surface area contributed by atoms with E-state index in [0.29, 0.717) is 35.8 Å². The van der Waals surface area contributed by atoms with Crippen LogP contribution in [0, 0.1) is 19.8 Å². The van der Waals surface area contributed by atoms with Crippen LogP contribution in [-0.2, 0) is 11.3 Å². The molecule has 0 saturated heterocycles. The molecule has 144 valence electrons. The molecule has 2 atom stereocenters. The van der Waals surface area contributed by atoms with Gasteiger partial charge in [-0.3, -0.25) is 9.69 Å². The van der Waals surface area contributed by atoms with E-state index in [9.17, 15) is 4.79 Å². The molecule has 1 amide bonds. The number of nitrogens with zero attached hydrogens (tertiary/aromatic N) is 1. The second-order valence-electron chi connectivity index (χ2n) is 8.25. The van der Waals surface area contributed by atoms with Crippen LogP contribution in [0.25, 0.3) is 0 Å². The topological polar surface area (TPSA) is 45.5 Å². The Morgan fingerprint density at radius 2 is 2.04 bits per heavy atom. The number of hydrogen-bond acceptors (Lipinski definition) is 3. The van der Waals surface area contributed by atoms with E-state index in [1.54, 1.807) is 0 Å². The van der Waals surface area contributed by atoms with Gasteiger partial charge in [0.1, 0.15) is 11.5 Å². The highest BCUT2D eigenvalue weighted by Crippen LogP contribution is 2.47. The first-order valence-corrected chi connectivity index (χ1v) is 10.2. The Bertz CT molecular complexity index is 833. The van der Waals surface area contributed by atoms with Crippen molar-refractivity contribution in [3.05, 3.63) is 51.9 Å². The summed E-state index contributed by atoms with van der Waals surface area (Å²) in [5, 5.41) is 3.59. The maximum absolute atomic E-state index is 12.7. The number of hydrogen-bond donors (Lipinski definition) is 1. The molecular weight excluding hydrogens is 360 g/mol. The number of rotatable bonds is 7. The molecule has 2 unspecified atom stereocenters. The lowest BCUT2D eigenvalue weighted by Crippen LogP contribution is -2.34. The smallest absolute Gasteiger partial charge is 0.238 e. The molecule has 2 aliphatic carbocycles. The van der Waals surface area contributed by atoms with Gasteiger partial charge in [0, 0.05) is 12.0 Å². The van der Waals surface area contributed by atoms with Crippen molar-refractivity contribution in [3.8, 4) is 0 Å². The van der Waals surface area contributed by atoms with Crippen molar-refractivity contribution in [1.82, 2.24) is 4.90 Å². The zero-order chi connectivity index (χ0) is 19.1. The third kappa shape index (κ3) is 4.39. The van der Waals surface area contributed by atoms with Crippen LogP contribution in [0.4, 0.5) is 5.69 Å². The van der Waals surface area contributed by atoms with E-state index in [1.165, 1.54) is 6.42 Å². The number of halogens is 1. The second kappa shape index (κ2) is 7.33. The molecule has 1 aromatic carbocycles. The van der Waals surface area contributed by atoms with E-state index >= 15 is 0 Å². The molecule has 2 aliphatic rings. The lowest BCUT2D eigenvalue weighted by molar-refractivity contribution is -0.117. The lowest BCUT2D eigenvalue weighted by atomic mass is 10.1. The third-order valence-corrected chi connectivity index (χ3v) is 5.92. The van der Waals surface area contributed by atoms with Crippen LogP contribution in [0.2, 0.25) is 5.02 Å². The second-order valence-corrected chi connectivity index (χ2v) is 8.65. The fraction of sp³-hybridized carbons (Fsp3) is 0.500. The van der Waals surface area contributed by atoms with Crippen LogP contribution >= 0.6 is 11.6 Å². The maximum atomic E-state index is 12.7. The Kier molecular flexibility index (Phi) is 5.04. The normalized spacial score (nSPS) is 21.5. The molecule has 2 fully saturated rings. The third-order valence-electron chi connectivity index (χ3n) is 5.62. The SMILES string of the molecule is Cc1cc(C)c(NC(=O)CN(Cc2ccc(C3CC3C)o2)C2CC2)c(Cl)c1. The zero-order valence-electron chi connectivity index (χ0n) is 16.2. The molecule has 4 rings (SSSR count). The number of furan rings is 1. The van der Waals surface area contributed by atoms with Gasteiger partial charge in [0.05, 0.1) is 23.8 Å². The Balaban J connectivity index is 1.40. The van der Waals surface area contributed by atoms with Gasteiger partial charge >= 0.3 is 0 Å². The quantitative estimate of drug-likeness (QED) is 0.704. The Morgan fingerprint density at radius 3 is 2.67 bits per heavy atom. The minimum Gasteiger partial charge on any atom is -0.464 e. The summed E-state index contributed by atoms with van der Waals surface area (Å²) in [4.78, 5) is 14.9. The number of carbonyl (C=O) groups excluding carboxylic acids is 1. The molecule has 2 aromatic rings. The van der Waals surface area contributed by atoms with Crippen molar-refractivity contribution in [2.24, 2.45) is 5.92 Å². The Labute approximate surface area is 165 Å². The molecule has 2 saturated carbocycles. The fourth-order valence-electron chi connectivity index (χ4n) is 3.79. The number of aryl methyl sites for hydroxylation is 2. The van der Waals surface area contributed by atoms with Gasteiger partial charge in [-0.1, -0.05) is 24.6 Å². The van der Waals surface area contributed by atoms with E-state index < -0.39 is 0 Å². The minimum atomic E-state index is -0.0293. The highest BCUT2D eigenvalue weighted by Gasteiger charge is 2.37. The summed E-state index contributed by atoms with van der Waals surface area (Å²) in [5.41, 5.74) is 2.79. The molecule has 0 spiro atoms. The lowest BCUT2D eigenvalue weighted by Gasteiger charge is -2.21. The van der Waals surface area contributed by atoms with Gasteiger partial charge in [-0.05, 0) is 68.4 Å². The van der Waals surface area contributed by atoms with Gasteiger partial charge in [0.2, 0.25) is 5.91 Å². The largest absolute Gasteiger partial charge is 0.464 e.